The van der Waals surface area contributed by atoms with E-state index in [1.807, 2.05) is 0 Å². The van der Waals surface area contributed by atoms with E-state index in [4.69, 9.17) is 12.2 Å². The summed E-state index contributed by atoms with van der Waals surface area (Å²) in [6.45, 7) is 7.51. The number of hydrogen-bond donors (Lipinski definition) is 3. The maximum atomic E-state index is 13.0. The first-order chi connectivity index (χ1) is 15.6. The van der Waals surface area contributed by atoms with Crippen LogP contribution in [0.5, 0.6) is 0 Å². The van der Waals surface area contributed by atoms with Crippen molar-refractivity contribution in [3.8, 4) is 0 Å². The van der Waals surface area contributed by atoms with Crippen LogP contribution in [0, 0.1) is 46.3 Å². The molecule has 3 N–H and O–H groups in total. The monoisotopic (exact) mass is 495 g/mol. The molecule has 0 aromatic heterocycles. The van der Waals surface area contributed by atoms with Gasteiger partial charge in [-0.15, -0.1) is 0 Å². The number of aliphatic hydroxyl groups is 3. The zero-order chi connectivity index (χ0) is 23.7. The number of fused-ring (bicyclic) bond motifs is 5. The Morgan fingerprint density at radius 3 is 2.61 bits per heavy atom. The third-order valence-electron chi connectivity index (χ3n) is 11.1. The molecule has 11 atom stereocenters. The lowest BCUT2D eigenvalue weighted by Gasteiger charge is -2.63. The van der Waals surface area contributed by atoms with Crippen LogP contribution in [0.15, 0.2) is 0 Å². The number of nitrogens with zero attached hydrogens (tertiary/aromatic N) is 1. The Bertz CT molecular complexity index is 809. The van der Waals surface area contributed by atoms with Gasteiger partial charge in [0.1, 0.15) is 4.32 Å². The zero-order valence-corrected chi connectivity index (χ0v) is 21.9. The second-order valence-electron chi connectivity index (χ2n) is 12.4. The van der Waals surface area contributed by atoms with Crippen molar-refractivity contribution in [1.29, 1.82) is 0 Å². The first-order valence-electron chi connectivity index (χ1n) is 13.1. The van der Waals surface area contributed by atoms with Crippen LogP contribution in [0.25, 0.3) is 0 Å². The van der Waals surface area contributed by atoms with E-state index in [9.17, 15) is 20.1 Å². The summed E-state index contributed by atoms with van der Waals surface area (Å²) in [5.41, 5.74) is -0.173. The fraction of sp³-hybridized carbons (Fsp3) is 0.923. The number of thiocarbonyl (C=S) groups is 1. The van der Waals surface area contributed by atoms with Crippen molar-refractivity contribution in [1.82, 2.24) is 4.90 Å². The first-order valence-corrected chi connectivity index (χ1v) is 14.5. The molecule has 5 rings (SSSR count). The highest BCUT2D eigenvalue weighted by molar-refractivity contribution is 8.23. The van der Waals surface area contributed by atoms with Gasteiger partial charge in [-0.1, -0.05) is 44.8 Å². The van der Waals surface area contributed by atoms with E-state index in [-0.39, 0.29) is 52.6 Å². The van der Waals surface area contributed by atoms with Crippen molar-refractivity contribution >= 4 is 34.2 Å². The normalized spacial score (nSPS) is 50.5. The molecule has 5 fully saturated rings. The molecule has 1 heterocycles. The summed E-state index contributed by atoms with van der Waals surface area (Å²) in [5.74, 6) is 2.62. The van der Waals surface area contributed by atoms with Crippen molar-refractivity contribution in [2.24, 2.45) is 46.3 Å². The van der Waals surface area contributed by atoms with Gasteiger partial charge in [0.15, 0.2) is 0 Å². The maximum Gasteiger partial charge on any atom is 0.228 e. The average Bonchev–Trinajstić information content (AvgIpc) is 3.34. The van der Waals surface area contributed by atoms with Crippen LogP contribution in [0.2, 0.25) is 0 Å². The van der Waals surface area contributed by atoms with Crippen molar-refractivity contribution in [2.75, 3.05) is 12.3 Å². The van der Waals surface area contributed by atoms with Gasteiger partial charge in [0.25, 0.3) is 0 Å². The summed E-state index contributed by atoms with van der Waals surface area (Å²) in [6, 6.07) is 0. The Balaban J connectivity index is 1.37. The fourth-order valence-electron chi connectivity index (χ4n) is 9.28. The van der Waals surface area contributed by atoms with Gasteiger partial charge in [-0.3, -0.25) is 9.69 Å². The summed E-state index contributed by atoms with van der Waals surface area (Å²) in [4.78, 5) is 14.7. The second-order valence-corrected chi connectivity index (χ2v) is 14.1. The lowest BCUT2D eigenvalue weighted by Crippen LogP contribution is -2.62. The first kappa shape index (κ1) is 24.5. The Kier molecular flexibility index (Phi) is 6.47. The van der Waals surface area contributed by atoms with Gasteiger partial charge in [0, 0.05) is 18.7 Å². The molecular formula is C26H41NO4S2. The molecule has 0 spiro atoms. The summed E-state index contributed by atoms with van der Waals surface area (Å²) in [5, 5.41) is 33.4. The molecule has 0 radical (unpaired) electrons. The van der Waals surface area contributed by atoms with E-state index in [1.165, 1.54) is 0 Å². The van der Waals surface area contributed by atoms with Crippen LogP contribution in [-0.2, 0) is 4.79 Å². The van der Waals surface area contributed by atoms with Crippen LogP contribution in [0.3, 0.4) is 0 Å². The molecule has 0 bridgehead atoms. The molecule has 1 amide bonds. The third-order valence-corrected chi connectivity index (χ3v) is 12.5. The van der Waals surface area contributed by atoms with E-state index < -0.39 is 6.10 Å². The largest absolute Gasteiger partial charge is 0.393 e. The van der Waals surface area contributed by atoms with Crippen molar-refractivity contribution in [2.45, 2.75) is 90.4 Å². The minimum atomic E-state index is -0.410. The van der Waals surface area contributed by atoms with Crippen LogP contribution >= 0.6 is 24.0 Å². The van der Waals surface area contributed by atoms with Crippen molar-refractivity contribution in [3.05, 3.63) is 0 Å². The predicted octanol–water partition coefficient (Wildman–Crippen LogP) is 3.83. The summed E-state index contributed by atoms with van der Waals surface area (Å²) in [7, 11) is 0. The van der Waals surface area contributed by atoms with Crippen molar-refractivity contribution in [3.63, 3.8) is 0 Å². The number of aliphatic hydroxyl groups excluding tert-OH is 3. The third kappa shape index (κ3) is 3.75. The van der Waals surface area contributed by atoms with Crippen LogP contribution in [-0.4, -0.2) is 61.1 Å². The molecule has 186 valence electrons. The van der Waals surface area contributed by atoms with E-state index in [0.717, 1.165) is 50.7 Å². The molecule has 1 saturated heterocycles. The Hall–Kier alpha value is -0.210. The number of hydrogen-bond acceptors (Lipinski definition) is 6. The quantitative estimate of drug-likeness (QED) is 0.516. The van der Waals surface area contributed by atoms with Gasteiger partial charge in [0.2, 0.25) is 5.91 Å². The number of carbonyl (C=O) groups is 1. The number of thioether (sulfide) groups is 1. The molecule has 4 saturated carbocycles. The molecule has 5 nitrogen and oxygen atoms in total. The summed E-state index contributed by atoms with van der Waals surface area (Å²) in [6.07, 6.45) is 5.63. The van der Waals surface area contributed by atoms with Crippen LogP contribution in [0.1, 0.15) is 72.1 Å². The highest BCUT2D eigenvalue weighted by Gasteiger charge is 2.65. The predicted molar refractivity (Wildman–Crippen MR) is 135 cm³/mol. The average molecular weight is 496 g/mol. The van der Waals surface area contributed by atoms with Gasteiger partial charge in [-0.25, -0.2) is 0 Å². The SMILES string of the molecule is CC(CC(=O)N1CCSC1=S)C1CCC2C3C(C[C@@H](O)[C@@]12C)[C@]1(C)CC[C@H](O)CC1C[C@@H]3O. The Morgan fingerprint density at radius 1 is 1.15 bits per heavy atom. The topological polar surface area (TPSA) is 81.0 Å². The lowest BCUT2D eigenvalue weighted by molar-refractivity contribution is -0.207. The fourth-order valence-corrected chi connectivity index (χ4v) is 10.5. The highest BCUT2D eigenvalue weighted by atomic mass is 32.2. The minimum absolute atomic E-state index is 0.0915. The molecule has 0 aromatic carbocycles. The molecule has 4 aliphatic carbocycles. The van der Waals surface area contributed by atoms with Gasteiger partial charge in [-0.2, -0.15) is 0 Å². The van der Waals surface area contributed by atoms with Crippen LogP contribution in [0.4, 0.5) is 0 Å². The minimum Gasteiger partial charge on any atom is -0.393 e. The summed E-state index contributed by atoms with van der Waals surface area (Å²) < 4.78 is 0.703. The molecule has 33 heavy (non-hydrogen) atoms. The van der Waals surface area contributed by atoms with Crippen LogP contribution < -0.4 is 0 Å². The number of carbonyl (C=O) groups excluding carboxylic acids is 1. The van der Waals surface area contributed by atoms with Gasteiger partial charge >= 0.3 is 0 Å². The smallest absolute Gasteiger partial charge is 0.228 e. The number of amides is 1. The standard InChI is InChI=1S/C26H41NO4S2/c1-14(10-22(31)27-8-9-33-24(27)32)17-4-5-18-23-19(13-21(30)26(17,18)3)25(2)7-6-16(28)11-15(25)12-20(23)29/h14-21,23,28-30H,4-13H2,1-3H3/t14?,15?,16-,17?,18?,19?,20-,21+,23?,25+,26-/m0/s1. The zero-order valence-electron chi connectivity index (χ0n) is 20.3. The Morgan fingerprint density at radius 2 is 1.91 bits per heavy atom. The highest BCUT2D eigenvalue weighted by Crippen LogP contribution is 2.68. The van der Waals surface area contributed by atoms with Gasteiger partial charge in [0.05, 0.1) is 18.3 Å². The van der Waals surface area contributed by atoms with Crippen molar-refractivity contribution < 1.29 is 20.1 Å². The van der Waals surface area contributed by atoms with E-state index >= 15 is 0 Å². The molecule has 7 heteroatoms. The van der Waals surface area contributed by atoms with Gasteiger partial charge in [-0.05, 0) is 91.3 Å². The van der Waals surface area contributed by atoms with E-state index in [0.29, 0.717) is 29.1 Å². The lowest BCUT2D eigenvalue weighted by atomic mass is 9.43. The summed E-state index contributed by atoms with van der Waals surface area (Å²) >= 11 is 6.95. The molecule has 1 aliphatic heterocycles. The van der Waals surface area contributed by atoms with E-state index in [2.05, 4.69) is 20.8 Å². The molecule has 5 aliphatic rings. The molecule has 6 unspecified atom stereocenters. The second kappa shape index (κ2) is 8.72. The van der Waals surface area contributed by atoms with Gasteiger partial charge < -0.3 is 15.3 Å². The Labute approximate surface area is 208 Å². The molecule has 0 aromatic rings. The van der Waals surface area contributed by atoms with E-state index in [1.54, 1.807) is 16.7 Å². The number of rotatable bonds is 3. The molecular weight excluding hydrogens is 454 g/mol. The maximum absolute atomic E-state index is 13.0.